The van der Waals surface area contributed by atoms with Gasteiger partial charge >= 0.3 is 0 Å². The Balaban J connectivity index is 2.03. The van der Waals surface area contributed by atoms with Gasteiger partial charge in [-0.3, -0.25) is 4.68 Å². The molecule has 0 saturated carbocycles. The topological polar surface area (TPSA) is 29.9 Å². The number of thiophene rings is 1. The number of hydrogen-bond donors (Lipinski definition) is 1. The van der Waals surface area contributed by atoms with Gasteiger partial charge in [-0.25, -0.2) is 0 Å². The molecule has 4 heteroatoms. The van der Waals surface area contributed by atoms with Crippen molar-refractivity contribution in [2.45, 2.75) is 13.0 Å². The van der Waals surface area contributed by atoms with Crippen LogP contribution in [0.5, 0.6) is 0 Å². The van der Waals surface area contributed by atoms with Crippen molar-refractivity contribution < 1.29 is 0 Å². The summed E-state index contributed by atoms with van der Waals surface area (Å²) < 4.78 is 3.19. The van der Waals surface area contributed by atoms with Gasteiger partial charge < -0.3 is 5.32 Å². The molecule has 0 saturated heterocycles. The number of aromatic nitrogens is 2. The summed E-state index contributed by atoms with van der Waals surface area (Å²) in [6.45, 7) is 3.07. The van der Waals surface area contributed by atoms with Crippen molar-refractivity contribution in [1.82, 2.24) is 15.1 Å². The van der Waals surface area contributed by atoms with Gasteiger partial charge in [0.05, 0.1) is 12.2 Å². The van der Waals surface area contributed by atoms with Crippen LogP contribution in [0.15, 0.2) is 42.7 Å². The molecule has 1 N–H and O–H groups in total. The van der Waals surface area contributed by atoms with Crippen LogP contribution in [0.2, 0.25) is 0 Å². The van der Waals surface area contributed by atoms with E-state index < -0.39 is 0 Å². The van der Waals surface area contributed by atoms with Crippen LogP contribution in [-0.2, 0) is 7.05 Å². The Morgan fingerprint density at radius 1 is 1.37 bits per heavy atom. The van der Waals surface area contributed by atoms with Crippen LogP contribution < -0.4 is 5.32 Å². The van der Waals surface area contributed by atoms with Gasteiger partial charge in [0, 0.05) is 28.4 Å². The molecular weight excluding hydrogens is 254 g/mol. The Kier molecular flexibility index (Phi) is 3.36. The second-order valence-electron chi connectivity index (χ2n) is 4.62. The summed E-state index contributed by atoms with van der Waals surface area (Å²) in [5.74, 6) is 0. The summed E-state index contributed by atoms with van der Waals surface area (Å²) in [7, 11) is 1.96. The number of rotatable bonds is 4. The Hall–Kier alpha value is -1.65. The average molecular weight is 271 g/mol. The van der Waals surface area contributed by atoms with E-state index in [0.717, 1.165) is 6.54 Å². The molecule has 2 aromatic heterocycles. The van der Waals surface area contributed by atoms with Gasteiger partial charge in [-0.1, -0.05) is 25.1 Å². The molecule has 3 nitrogen and oxygen atoms in total. The maximum Gasteiger partial charge on any atom is 0.0702 e. The normalized spacial score (nSPS) is 12.9. The van der Waals surface area contributed by atoms with E-state index in [2.05, 4.69) is 53.9 Å². The number of hydrogen-bond acceptors (Lipinski definition) is 3. The Morgan fingerprint density at radius 2 is 2.21 bits per heavy atom. The molecule has 0 aliphatic heterocycles. The van der Waals surface area contributed by atoms with Crippen LogP contribution in [-0.4, -0.2) is 16.3 Å². The zero-order valence-electron chi connectivity index (χ0n) is 11.1. The monoisotopic (exact) mass is 271 g/mol. The maximum atomic E-state index is 4.28. The van der Waals surface area contributed by atoms with E-state index in [0.29, 0.717) is 0 Å². The number of benzene rings is 1. The Morgan fingerprint density at radius 3 is 2.89 bits per heavy atom. The summed E-state index contributed by atoms with van der Waals surface area (Å²) in [4.78, 5) is 1.34. The third kappa shape index (κ3) is 2.41. The first-order chi connectivity index (χ1) is 9.28. The van der Waals surface area contributed by atoms with Crippen molar-refractivity contribution in [3.8, 4) is 0 Å². The third-order valence-electron chi connectivity index (χ3n) is 3.20. The maximum absolute atomic E-state index is 4.28. The fourth-order valence-electron chi connectivity index (χ4n) is 2.32. The minimum absolute atomic E-state index is 0.233. The van der Waals surface area contributed by atoms with Gasteiger partial charge in [-0.15, -0.1) is 11.3 Å². The van der Waals surface area contributed by atoms with Crippen LogP contribution in [0.3, 0.4) is 0 Å². The molecule has 2 heterocycles. The van der Waals surface area contributed by atoms with E-state index >= 15 is 0 Å². The lowest BCUT2D eigenvalue weighted by atomic mass is 10.1. The summed E-state index contributed by atoms with van der Waals surface area (Å²) in [5, 5.41) is 9.14. The van der Waals surface area contributed by atoms with Gasteiger partial charge in [-0.05, 0) is 24.1 Å². The largest absolute Gasteiger partial charge is 0.306 e. The van der Waals surface area contributed by atoms with Crippen molar-refractivity contribution >= 4 is 21.4 Å². The highest BCUT2D eigenvalue weighted by Crippen LogP contribution is 2.32. The fraction of sp³-hybridized carbons (Fsp3) is 0.267. The first-order valence-corrected chi connectivity index (χ1v) is 7.30. The average Bonchev–Trinajstić information content (AvgIpc) is 3.01. The molecule has 19 heavy (non-hydrogen) atoms. The summed E-state index contributed by atoms with van der Waals surface area (Å²) in [6.07, 6.45) is 4.02. The summed E-state index contributed by atoms with van der Waals surface area (Å²) >= 11 is 1.85. The second kappa shape index (κ2) is 5.15. The fourth-order valence-corrected chi connectivity index (χ4v) is 3.49. The molecule has 1 atom stereocenters. The van der Waals surface area contributed by atoms with Crippen molar-refractivity contribution in [1.29, 1.82) is 0 Å². The summed E-state index contributed by atoms with van der Waals surface area (Å²) in [6, 6.07) is 11.0. The SMILES string of the molecule is CCNC(c1cnn(C)c1)c1cc2ccccc2s1. The van der Waals surface area contributed by atoms with Crippen LogP contribution in [0, 0.1) is 0 Å². The Bertz CT molecular complexity index is 650. The van der Waals surface area contributed by atoms with Gasteiger partial charge in [0.15, 0.2) is 0 Å². The highest BCUT2D eigenvalue weighted by atomic mass is 32.1. The quantitative estimate of drug-likeness (QED) is 0.789. The standard InChI is InChI=1S/C15H17N3S/c1-3-16-15(12-9-17-18(2)10-12)14-8-11-6-4-5-7-13(11)19-14/h4-10,15-16H,3H2,1-2H3. The van der Waals surface area contributed by atoms with Gasteiger partial charge in [0.25, 0.3) is 0 Å². The third-order valence-corrected chi connectivity index (χ3v) is 4.38. The minimum atomic E-state index is 0.233. The molecule has 0 aliphatic carbocycles. The van der Waals surface area contributed by atoms with Gasteiger partial charge in [0.1, 0.15) is 0 Å². The molecule has 1 aromatic carbocycles. The number of aryl methyl sites for hydroxylation is 1. The number of nitrogens with zero attached hydrogens (tertiary/aromatic N) is 2. The van der Waals surface area contributed by atoms with E-state index in [9.17, 15) is 0 Å². The number of fused-ring (bicyclic) bond motifs is 1. The first-order valence-electron chi connectivity index (χ1n) is 6.48. The molecule has 3 aromatic rings. The molecular formula is C15H17N3S. The zero-order chi connectivity index (χ0) is 13.2. The smallest absolute Gasteiger partial charge is 0.0702 e. The number of nitrogens with one attached hydrogen (secondary N) is 1. The van der Waals surface area contributed by atoms with E-state index in [1.807, 2.05) is 29.3 Å². The summed E-state index contributed by atoms with van der Waals surface area (Å²) in [5.41, 5.74) is 1.22. The lowest BCUT2D eigenvalue weighted by molar-refractivity contribution is 0.639. The first kappa shape index (κ1) is 12.4. The van der Waals surface area contributed by atoms with Crippen molar-refractivity contribution in [3.05, 3.63) is 53.2 Å². The molecule has 98 valence electrons. The van der Waals surface area contributed by atoms with Crippen molar-refractivity contribution in [3.63, 3.8) is 0 Å². The molecule has 0 fully saturated rings. The molecule has 0 spiro atoms. The van der Waals surface area contributed by atoms with Crippen LogP contribution in [0.4, 0.5) is 0 Å². The van der Waals surface area contributed by atoms with E-state index in [1.54, 1.807) is 0 Å². The van der Waals surface area contributed by atoms with Crippen molar-refractivity contribution in [2.24, 2.45) is 7.05 Å². The van der Waals surface area contributed by atoms with Crippen LogP contribution in [0.1, 0.15) is 23.4 Å². The Labute approximate surface area is 116 Å². The molecule has 3 rings (SSSR count). The van der Waals surface area contributed by atoms with E-state index in [1.165, 1.54) is 20.5 Å². The highest BCUT2D eigenvalue weighted by molar-refractivity contribution is 7.19. The van der Waals surface area contributed by atoms with E-state index in [-0.39, 0.29) is 6.04 Å². The highest BCUT2D eigenvalue weighted by Gasteiger charge is 2.17. The molecule has 0 aliphatic rings. The molecule has 0 radical (unpaired) electrons. The molecule has 0 amide bonds. The van der Waals surface area contributed by atoms with Crippen molar-refractivity contribution in [2.75, 3.05) is 6.54 Å². The van der Waals surface area contributed by atoms with Gasteiger partial charge in [-0.2, -0.15) is 5.10 Å². The predicted molar refractivity (Wildman–Crippen MR) is 80.6 cm³/mol. The van der Waals surface area contributed by atoms with Crippen LogP contribution in [0.25, 0.3) is 10.1 Å². The van der Waals surface area contributed by atoms with E-state index in [4.69, 9.17) is 0 Å². The molecule has 0 bridgehead atoms. The van der Waals surface area contributed by atoms with Gasteiger partial charge in [0.2, 0.25) is 0 Å². The van der Waals surface area contributed by atoms with Crippen LogP contribution >= 0.6 is 11.3 Å². The lowest BCUT2D eigenvalue weighted by Gasteiger charge is -2.14. The zero-order valence-corrected chi connectivity index (χ0v) is 11.9. The second-order valence-corrected chi connectivity index (χ2v) is 5.74. The predicted octanol–water partition coefficient (Wildman–Crippen LogP) is 3.33. The molecule has 1 unspecified atom stereocenters. The lowest BCUT2D eigenvalue weighted by Crippen LogP contribution is -2.20. The minimum Gasteiger partial charge on any atom is -0.306 e.